The van der Waals surface area contributed by atoms with Gasteiger partial charge in [-0.3, -0.25) is 0 Å². The Bertz CT molecular complexity index is 65.4. The monoisotopic (exact) mass is 155 g/mol. The summed E-state index contributed by atoms with van der Waals surface area (Å²) in [5.41, 5.74) is 0. The predicted octanol–water partition coefficient (Wildman–Crippen LogP) is 0.749. The van der Waals surface area contributed by atoms with Crippen molar-refractivity contribution in [2.75, 3.05) is 13.1 Å². The van der Waals surface area contributed by atoms with E-state index in [-0.39, 0.29) is 5.48 Å². The van der Waals surface area contributed by atoms with Gasteiger partial charge in [0, 0.05) is 13.1 Å². The van der Waals surface area contributed by atoms with Crippen molar-refractivity contribution in [2.24, 2.45) is 0 Å². The van der Waals surface area contributed by atoms with Crippen LogP contribution in [0.2, 0.25) is 0 Å². The summed E-state index contributed by atoms with van der Waals surface area (Å²) in [5.74, 6) is 0. The number of hydrogen-bond acceptors (Lipinski definition) is 1. The van der Waals surface area contributed by atoms with Crippen LogP contribution in [0.4, 0.5) is 4.39 Å². The van der Waals surface area contributed by atoms with Crippen molar-refractivity contribution in [3.05, 3.63) is 0 Å². The molecule has 56 valence electrons. The summed E-state index contributed by atoms with van der Waals surface area (Å²) in [7, 11) is 0. The molecule has 0 aromatic carbocycles. The standard InChI is InChI=1S/C5H9ClFN.H2O/c6-8-3-1-5(7)2-4-8;/h5H,1-4H2;1H2. The van der Waals surface area contributed by atoms with Crippen LogP contribution in [0, 0.1) is 0 Å². The van der Waals surface area contributed by atoms with E-state index in [2.05, 4.69) is 0 Å². The van der Waals surface area contributed by atoms with Gasteiger partial charge in [0.15, 0.2) is 0 Å². The smallest absolute Gasteiger partial charge is 0.103 e. The largest absolute Gasteiger partial charge is 0.412 e. The van der Waals surface area contributed by atoms with Crippen LogP contribution in [0.3, 0.4) is 0 Å². The summed E-state index contributed by atoms with van der Waals surface area (Å²) in [6, 6.07) is 0. The van der Waals surface area contributed by atoms with E-state index in [9.17, 15) is 4.39 Å². The van der Waals surface area contributed by atoms with Gasteiger partial charge in [-0.05, 0) is 24.6 Å². The normalized spacial score (nSPS) is 23.3. The second-order valence-corrected chi connectivity index (χ2v) is 2.56. The Morgan fingerprint density at radius 2 is 1.78 bits per heavy atom. The number of rotatable bonds is 0. The maximum atomic E-state index is 12.3. The van der Waals surface area contributed by atoms with Gasteiger partial charge in [-0.25, -0.2) is 8.81 Å². The number of piperidine rings is 1. The number of alkyl halides is 1. The van der Waals surface area contributed by atoms with E-state index in [0.29, 0.717) is 25.9 Å². The lowest BCUT2D eigenvalue weighted by Gasteiger charge is -2.21. The second kappa shape index (κ2) is 4.04. The van der Waals surface area contributed by atoms with Crippen LogP contribution in [0.5, 0.6) is 0 Å². The highest BCUT2D eigenvalue weighted by Crippen LogP contribution is 2.13. The molecule has 0 aromatic heterocycles. The summed E-state index contributed by atoms with van der Waals surface area (Å²) in [6.07, 6.45) is 0.595. The van der Waals surface area contributed by atoms with Crippen molar-refractivity contribution in [3.63, 3.8) is 0 Å². The molecule has 0 aliphatic carbocycles. The maximum absolute atomic E-state index is 12.3. The molecule has 0 atom stereocenters. The molecule has 0 unspecified atom stereocenters. The van der Waals surface area contributed by atoms with Crippen LogP contribution < -0.4 is 0 Å². The van der Waals surface area contributed by atoms with Gasteiger partial charge in [-0.15, -0.1) is 0 Å². The van der Waals surface area contributed by atoms with Crippen LogP contribution in [0.15, 0.2) is 0 Å². The van der Waals surface area contributed by atoms with E-state index in [1.807, 2.05) is 0 Å². The third-order valence-electron chi connectivity index (χ3n) is 1.37. The SMILES string of the molecule is FC1CCN(Cl)CC1.O. The number of hydrogen-bond donors (Lipinski definition) is 0. The summed E-state index contributed by atoms with van der Waals surface area (Å²) >= 11 is 5.55. The van der Waals surface area contributed by atoms with E-state index < -0.39 is 6.17 Å². The zero-order chi connectivity index (χ0) is 5.98. The van der Waals surface area contributed by atoms with Crippen molar-refractivity contribution >= 4 is 11.8 Å². The molecule has 1 rings (SSSR count). The molecule has 0 bridgehead atoms. The molecule has 1 saturated heterocycles. The van der Waals surface area contributed by atoms with E-state index in [4.69, 9.17) is 11.8 Å². The lowest BCUT2D eigenvalue weighted by molar-refractivity contribution is 0.214. The zero-order valence-corrected chi connectivity index (χ0v) is 5.86. The molecule has 0 amide bonds. The lowest BCUT2D eigenvalue weighted by atomic mass is 10.1. The van der Waals surface area contributed by atoms with E-state index in [0.717, 1.165) is 0 Å². The first-order chi connectivity index (χ1) is 3.79. The fourth-order valence-corrected chi connectivity index (χ4v) is 1.01. The quantitative estimate of drug-likeness (QED) is 0.476. The van der Waals surface area contributed by atoms with Crippen LogP contribution >= 0.6 is 11.8 Å². The van der Waals surface area contributed by atoms with Gasteiger partial charge in [-0.2, -0.15) is 0 Å². The second-order valence-electron chi connectivity index (χ2n) is 2.08. The third-order valence-corrected chi connectivity index (χ3v) is 1.71. The lowest BCUT2D eigenvalue weighted by Crippen LogP contribution is -2.26. The maximum Gasteiger partial charge on any atom is 0.103 e. The van der Waals surface area contributed by atoms with Gasteiger partial charge in [0.05, 0.1) is 0 Å². The molecule has 9 heavy (non-hydrogen) atoms. The topological polar surface area (TPSA) is 34.7 Å². The average molecular weight is 156 g/mol. The molecule has 4 heteroatoms. The van der Waals surface area contributed by atoms with Crippen LogP contribution in [0.25, 0.3) is 0 Å². The Morgan fingerprint density at radius 3 is 2.11 bits per heavy atom. The first kappa shape index (κ1) is 9.14. The van der Waals surface area contributed by atoms with E-state index >= 15 is 0 Å². The molecular weight excluding hydrogens is 145 g/mol. The summed E-state index contributed by atoms with van der Waals surface area (Å²) in [6.45, 7) is 1.39. The van der Waals surface area contributed by atoms with Gasteiger partial charge in [0.25, 0.3) is 0 Å². The predicted molar refractivity (Wildman–Crippen MR) is 35.2 cm³/mol. The highest BCUT2D eigenvalue weighted by Gasteiger charge is 2.15. The molecule has 0 saturated carbocycles. The molecule has 0 aromatic rings. The Morgan fingerprint density at radius 1 is 1.33 bits per heavy atom. The van der Waals surface area contributed by atoms with Crippen molar-refractivity contribution in [3.8, 4) is 0 Å². The minimum atomic E-state index is -0.606. The van der Waals surface area contributed by atoms with Gasteiger partial charge < -0.3 is 5.48 Å². The van der Waals surface area contributed by atoms with Gasteiger partial charge in [-0.1, -0.05) is 0 Å². The van der Waals surface area contributed by atoms with Crippen LogP contribution in [0.1, 0.15) is 12.8 Å². The Hall–Kier alpha value is 0.140. The fraction of sp³-hybridized carbons (Fsp3) is 1.00. The Balaban J connectivity index is 0.000000640. The molecule has 1 fully saturated rings. The number of halogens is 2. The third kappa shape index (κ3) is 2.98. The highest BCUT2D eigenvalue weighted by atomic mass is 35.5. The fourth-order valence-electron chi connectivity index (χ4n) is 0.816. The average Bonchev–Trinajstić information content (AvgIpc) is 1.77. The van der Waals surface area contributed by atoms with Crippen molar-refractivity contribution in [1.82, 2.24) is 4.42 Å². The number of nitrogens with zero attached hydrogens (tertiary/aromatic N) is 1. The van der Waals surface area contributed by atoms with E-state index in [1.54, 1.807) is 4.42 Å². The summed E-state index contributed by atoms with van der Waals surface area (Å²) < 4.78 is 13.9. The van der Waals surface area contributed by atoms with Crippen molar-refractivity contribution in [2.45, 2.75) is 19.0 Å². The summed E-state index contributed by atoms with van der Waals surface area (Å²) in [5, 5.41) is 0. The minimum Gasteiger partial charge on any atom is -0.412 e. The van der Waals surface area contributed by atoms with Crippen molar-refractivity contribution in [1.29, 1.82) is 0 Å². The molecular formula is C5H11ClFNO. The van der Waals surface area contributed by atoms with Gasteiger partial charge in [0.2, 0.25) is 0 Å². The zero-order valence-electron chi connectivity index (χ0n) is 5.11. The first-order valence-electron chi connectivity index (χ1n) is 2.84. The molecule has 1 heterocycles. The summed E-state index contributed by atoms with van der Waals surface area (Å²) in [4.78, 5) is 0. The Labute approximate surface area is 59.0 Å². The highest BCUT2D eigenvalue weighted by molar-refractivity contribution is 6.13. The van der Waals surface area contributed by atoms with Crippen LogP contribution in [-0.4, -0.2) is 29.2 Å². The van der Waals surface area contributed by atoms with Gasteiger partial charge in [0.1, 0.15) is 6.17 Å². The molecule has 1 aliphatic rings. The van der Waals surface area contributed by atoms with Gasteiger partial charge >= 0.3 is 0 Å². The molecule has 1 aliphatic heterocycles. The molecule has 0 spiro atoms. The molecule has 2 N–H and O–H groups in total. The first-order valence-corrected chi connectivity index (χ1v) is 3.17. The molecule has 0 radical (unpaired) electrons. The molecule has 2 nitrogen and oxygen atoms in total. The Kier molecular flexibility index (Phi) is 4.10. The van der Waals surface area contributed by atoms with Crippen molar-refractivity contribution < 1.29 is 9.87 Å². The minimum absolute atomic E-state index is 0. The van der Waals surface area contributed by atoms with E-state index in [1.165, 1.54) is 0 Å². The van der Waals surface area contributed by atoms with Crippen LogP contribution in [-0.2, 0) is 0 Å².